The number of carbonyl (C=O) groups excluding carboxylic acids is 4. The van der Waals surface area contributed by atoms with Crippen LogP contribution in [0.1, 0.15) is 56.2 Å². The number of ether oxygens (including phenoxy) is 5. The number of esters is 2. The zero-order valence-electron chi connectivity index (χ0n) is 26.7. The van der Waals surface area contributed by atoms with Gasteiger partial charge in [-0.25, -0.2) is 9.59 Å². The summed E-state index contributed by atoms with van der Waals surface area (Å²) in [6.45, 7) is 4.93. The first-order valence-corrected chi connectivity index (χ1v) is 15.0. The molecule has 4 rings (SSSR count). The molecule has 2 amide bonds. The molecule has 0 bridgehead atoms. The molecular weight excluding hydrogens is 592 g/mol. The number of rotatable bonds is 13. The first-order chi connectivity index (χ1) is 22.0. The van der Waals surface area contributed by atoms with E-state index in [9.17, 15) is 19.2 Å². The second-order valence-corrected chi connectivity index (χ2v) is 11.7. The highest BCUT2D eigenvalue weighted by atomic mass is 16.6. The van der Waals surface area contributed by atoms with Gasteiger partial charge in [0.2, 0.25) is 0 Å². The molecule has 11 nitrogen and oxygen atoms in total. The van der Waals surface area contributed by atoms with Crippen molar-refractivity contribution >= 4 is 23.9 Å². The van der Waals surface area contributed by atoms with Crippen LogP contribution in [0.4, 0.5) is 4.79 Å². The summed E-state index contributed by atoms with van der Waals surface area (Å²) in [5, 5.41) is 5.05. The topological polar surface area (TPSA) is 138 Å². The molecule has 46 heavy (non-hydrogen) atoms. The molecule has 1 aliphatic carbocycles. The van der Waals surface area contributed by atoms with Crippen LogP contribution < -0.4 is 20.1 Å². The first-order valence-electron chi connectivity index (χ1n) is 15.0. The van der Waals surface area contributed by atoms with Crippen molar-refractivity contribution < 1.29 is 42.9 Å². The Balaban J connectivity index is 1.41. The van der Waals surface area contributed by atoms with Crippen LogP contribution in [-0.2, 0) is 35.2 Å². The van der Waals surface area contributed by atoms with Gasteiger partial charge in [-0.3, -0.25) is 9.59 Å². The number of alkyl carbamates (subject to hydrolysis) is 1. The monoisotopic (exact) mass is 632 g/mol. The van der Waals surface area contributed by atoms with Crippen molar-refractivity contribution in [1.29, 1.82) is 0 Å². The van der Waals surface area contributed by atoms with Crippen molar-refractivity contribution in [3.8, 4) is 22.6 Å². The van der Waals surface area contributed by atoms with E-state index < -0.39 is 29.7 Å². The molecule has 0 radical (unpaired) electrons. The summed E-state index contributed by atoms with van der Waals surface area (Å²) in [6.07, 6.45) is -1.02. The molecule has 0 aromatic heterocycles. The predicted molar refractivity (Wildman–Crippen MR) is 169 cm³/mol. The molecule has 2 N–H and O–H groups in total. The van der Waals surface area contributed by atoms with Crippen molar-refractivity contribution in [3.05, 3.63) is 83.4 Å². The Morgan fingerprint density at radius 3 is 2.15 bits per heavy atom. The highest BCUT2D eigenvalue weighted by Crippen LogP contribution is 2.44. The lowest BCUT2D eigenvalue weighted by Gasteiger charge is -2.22. The highest BCUT2D eigenvalue weighted by Gasteiger charge is 2.30. The van der Waals surface area contributed by atoms with Crippen molar-refractivity contribution in [2.45, 2.75) is 57.8 Å². The number of fused-ring (bicyclic) bond motifs is 3. The molecule has 1 aliphatic rings. The molecule has 1 atom stereocenters. The van der Waals surface area contributed by atoms with Crippen LogP contribution in [0.25, 0.3) is 11.1 Å². The summed E-state index contributed by atoms with van der Waals surface area (Å²) in [5.41, 5.74) is 4.10. The summed E-state index contributed by atoms with van der Waals surface area (Å²) in [7, 11) is 2.96. The Labute approximate surface area is 268 Å². The molecule has 11 heteroatoms. The number of nitrogens with one attached hydrogen (secondary N) is 2. The fourth-order valence-electron chi connectivity index (χ4n) is 5.09. The van der Waals surface area contributed by atoms with Gasteiger partial charge in [0, 0.05) is 31.0 Å². The highest BCUT2D eigenvalue weighted by molar-refractivity contribution is 5.83. The first kappa shape index (κ1) is 33.8. The van der Waals surface area contributed by atoms with Gasteiger partial charge >= 0.3 is 18.0 Å². The van der Waals surface area contributed by atoms with Crippen molar-refractivity contribution in [1.82, 2.24) is 10.6 Å². The maximum Gasteiger partial charge on any atom is 0.407 e. The van der Waals surface area contributed by atoms with Gasteiger partial charge in [0.15, 0.2) is 6.61 Å². The van der Waals surface area contributed by atoms with Crippen LogP contribution in [-0.4, -0.2) is 63.0 Å². The number of hydrogen-bond acceptors (Lipinski definition) is 9. The molecule has 3 aromatic carbocycles. The SMILES string of the molecule is CNC(=O)COc1ccc(COC(=O)[C@@H](CCC(=O)OC(C)(C)C)NC(=O)OCC2c3ccccc3-c3ccccc32)c(OC)c1. The van der Waals surface area contributed by atoms with Crippen LogP contribution in [0, 0.1) is 0 Å². The largest absolute Gasteiger partial charge is 0.496 e. The summed E-state index contributed by atoms with van der Waals surface area (Å²) in [6, 6.07) is 19.6. The Bertz CT molecular complexity index is 1520. The van der Waals surface area contributed by atoms with Crippen molar-refractivity contribution in [2.75, 3.05) is 27.4 Å². The molecule has 0 aliphatic heterocycles. The average molecular weight is 633 g/mol. The van der Waals surface area contributed by atoms with E-state index in [0.717, 1.165) is 22.3 Å². The number of likely N-dealkylation sites (N-methyl/N-ethyl adjacent to an activating group) is 1. The molecule has 0 saturated heterocycles. The van der Waals surface area contributed by atoms with Crippen LogP contribution >= 0.6 is 0 Å². The minimum atomic E-state index is -1.19. The average Bonchev–Trinajstić information content (AvgIpc) is 3.36. The molecule has 0 unspecified atom stereocenters. The lowest BCUT2D eigenvalue weighted by atomic mass is 9.98. The summed E-state index contributed by atoms with van der Waals surface area (Å²) < 4.78 is 27.4. The van der Waals surface area contributed by atoms with Gasteiger partial charge in [0.25, 0.3) is 5.91 Å². The number of carbonyl (C=O) groups is 4. The van der Waals surface area contributed by atoms with Gasteiger partial charge in [-0.2, -0.15) is 0 Å². The standard InChI is InChI=1S/C35H40N2O9/c1-35(2,3)46-32(39)17-16-29(33(40)44-19-22-14-15-23(18-30(22)42-5)43-21-31(38)36-4)37-34(41)45-20-28-26-12-8-6-10-24(26)25-11-7-9-13-27(25)28/h6-15,18,28-29H,16-17,19-21H2,1-5H3,(H,36,38)(H,37,41)/t29-/m1/s1. The van der Waals surface area contributed by atoms with Gasteiger partial charge in [-0.05, 0) is 61.6 Å². The minimum absolute atomic E-state index is 0.0548. The van der Waals surface area contributed by atoms with Gasteiger partial charge < -0.3 is 34.3 Å². The number of methoxy groups -OCH3 is 1. The third kappa shape index (κ3) is 8.99. The fourth-order valence-corrected chi connectivity index (χ4v) is 5.09. The van der Waals surface area contributed by atoms with E-state index in [0.29, 0.717) is 17.1 Å². The van der Waals surface area contributed by atoms with E-state index in [1.54, 1.807) is 39.0 Å². The van der Waals surface area contributed by atoms with Crippen LogP contribution in [0.15, 0.2) is 66.7 Å². The van der Waals surface area contributed by atoms with E-state index in [1.807, 2.05) is 48.5 Å². The minimum Gasteiger partial charge on any atom is -0.496 e. The third-order valence-electron chi connectivity index (χ3n) is 7.25. The van der Waals surface area contributed by atoms with E-state index >= 15 is 0 Å². The molecular formula is C35H40N2O9. The number of amides is 2. The molecule has 3 aromatic rings. The maximum absolute atomic E-state index is 13.3. The van der Waals surface area contributed by atoms with Crippen LogP contribution in [0.3, 0.4) is 0 Å². The zero-order chi connectivity index (χ0) is 33.3. The Hall–Kier alpha value is -5.06. The number of benzene rings is 3. The van der Waals surface area contributed by atoms with Gasteiger partial charge in [0.1, 0.15) is 36.4 Å². The summed E-state index contributed by atoms with van der Waals surface area (Å²) >= 11 is 0. The maximum atomic E-state index is 13.3. The Morgan fingerprint density at radius 1 is 0.891 bits per heavy atom. The molecule has 0 spiro atoms. The fraction of sp³-hybridized carbons (Fsp3) is 0.371. The zero-order valence-corrected chi connectivity index (χ0v) is 26.7. The normalized spacial score (nSPS) is 12.6. The second-order valence-electron chi connectivity index (χ2n) is 11.7. The lowest BCUT2D eigenvalue weighted by Crippen LogP contribution is -2.43. The molecule has 244 valence electrons. The molecule has 0 fully saturated rings. The van der Waals surface area contributed by atoms with Crippen LogP contribution in [0.5, 0.6) is 11.5 Å². The van der Waals surface area contributed by atoms with Gasteiger partial charge in [-0.15, -0.1) is 0 Å². The van der Waals surface area contributed by atoms with E-state index in [-0.39, 0.29) is 44.5 Å². The lowest BCUT2D eigenvalue weighted by molar-refractivity contribution is -0.155. The van der Waals surface area contributed by atoms with Crippen molar-refractivity contribution in [3.63, 3.8) is 0 Å². The van der Waals surface area contributed by atoms with E-state index in [2.05, 4.69) is 10.6 Å². The summed E-state index contributed by atoms with van der Waals surface area (Å²) in [4.78, 5) is 50.2. The smallest absolute Gasteiger partial charge is 0.407 e. The van der Waals surface area contributed by atoms with E-state index in [1.165, 1.54) is 14.2 Å². The quantitative estimate of drug-likeness (QED) is 0.199. The van der Waals surface area contributed by atoms with E-state index in [4.69, 9.17) is 23.7 Å². The summed E-state index contributed by atoms with van der Waals surface area (Å²) in [5.74, 6) is -0.980. The molecule has 0 saturated carbocycles. The number of hydrogen-bond donors (Lipinski definition) is 2. The van der Waals surface area contributed by atoms with Gasteiger partial charge in [0.05, 0.1) is 7.11 Å². The second kappa shape index (κ2) is 15.3. The molecule has 0 heterocycles. The van der Waals surface area contributed by atoms with Crippen molar-refractivity contribution in [2.24, 2.45) is 0 Å². The Kier molecular flexibility index (Phi) is 11.2. The van der Waals surface area contributed by atoms with Crippen LogP contribution in [0.2, 0.25) is 0 Å². The van der Waals surface area contributed by atoms with Gasteiger partial charge in [-0.1, -0.05) is 48.5 Å². The predicted octanol–water partition coefficient (Wildman–Crippen LogP) is 4.89. The Morgan fingerprint density at radius 2 is 1.54 bits per heavy atom. The third-order valence-corrected chi connectivity index (χ3v) is 7.25.